The maximum atomic E-state index is 12.7. The van der Waals surface area contributed by atoms with Crippen LogP contribution in [0.15, 0.2) is 12.1 Å². The average Bonchev–Trinajstić information content (AvgIpc) is 2.26. The smallest absolute Gasteiger partial charge is 0.263 e. The van der Waals surface area contributed by atoms with Gasteiger partial charge in [0.25, 0.3) is 6.43 Å². The number of hydrogen-bond acceptors (Lipinski definition) is 3. The summed E-state index contributed by atoms with van der Waals surface area (Å²) in [5.74, 6) is 0.638. The van der Waals surface area contributed by atoms with Crippen molar-refractivity contribution < 1.29 is 23.4 Å². The molecule has 1 rings (SSSR count). The summed E-state index contributed by atoms with van der Waals surface area (Å²) in [6.07, 6.45) is -2.98. The Morgan fingerprint density at radius 1 is 1.24 bits per heavy atom. The summed E-state index contributed by atoms with van der Waals surface area (Å²) >= 11 is 0. The number of halogens is 2. The molecule has 1 aromatic carbocycles. The summed E-state index contributed by atoms with van der Waals surface area (Å²) in [7, 11) is 2.82. The largest absolute Gasteiger partial charge is 0.493 e. The van der Waals surface area contributed by atoms with Gasteiger partial charge in [0.05, 0.1) is 20.3 Å². The minimum absolute atomic E-state index is 0.140. The zero-order valence-electron chi connectivity index (χ0n) is 10.0. The van der Waals surface area contributed by atoms with Crippen molar-refractivity contribution >= 4 is 0 Å². The molecule has 0 saturated heterocycles. The van der Waals surface area contributed by atoms with Gasteiger partial charge in [-0.3, -0.25) is 0 Å². The van der Waals surface area contributed by atoms with E-state index in [9.17, 15) is 13.9 Å². The number of alkyl halides is 2. The molecular formula is C12H16F2O3. The quantitative estimate of drug-likeness (QED) is 0.867. The molecule has 0 spiro atoms. The van der Waals surface area contributed by atoms with Crippen LogP contribution >= 0.6 is 0 Å². The molecule has 0 saturated carbocycles. The Bertz CT molecular complexity index is 378. The topological polar surface area (TPSA) is 38.7 Å². The third-order valence-corrected chi connectivity index (χ3v) is 2.35. The molecule has 0 aliphatic heterocycles. The molecule has 0 aliphatic rings. The predicted octanol–water partition coefficient (Wildman–Crippen LogP) is 2.56. The lowest BCUT2D eigenvalue weighted by Crippen LogP contribution is -2.07. The third-order valence-electron chi connectivity index (χ3n) is 2.35. The van der Waals surface area contributed by atoms with Crippen molar-refractivity contribution in [2.45, 2.75) is 25.9 Å². The Morgan fingerprint density at radius 2 is 1.88 bits per heavy atom. The normalized spacial score (nSPS) is 12.6. The molecule has 5 heteroatoms. The Labute approximate surface area is 99.0 Å². The van der Waals surface area contributed by atoms with E-state index in [1.807, 2.05) is 0 Å². The molecule has 96 valence electrons. The lowest BCUT2D eigenvalue weighted by atomic mass is 10.0. The fourth-order valence-corrected chi connectivity index (χ4v) is 1.66. The van der Waals surface area contributed by atoms with Crippen molar-refractivity contribution in [2.75, 3.05) is 14.2 Å². The van der Waals surface area contributed by atoms with E-state index in [-0.39, 0.29) is 17.7 Å². The summed E-state index contributed by atoms with van der Waals surface area (Å²) < 4.78 is 35.5. The molecular weight excluding hydrogens is 230 g/mol. The van der Waals surface area contributed by atoms with Gasteiger partial charge >= 0.3 is 0 Å². The van der Waals surface area contributed by atoms with Gasteiger partial charge in [-0.1, -0.05) is 0 Å². The fraction of sp³-hybridized carbons (Fsp3) is 0.500. The lowest BCUT2D eigenvalue weighted by molar-refractivity contribution is 0.150. The van der Waals surface area contributed by atoms with Crippen molar-refractivity contribution in [1.82, 2.24) is 0 Å². The molecule has 0 aliphatic carbocycles. The van der Waals surface area contributed by atoms with Crippen LogP contribution in [0.1, 0.15) is 24.5 Å². The van der Waals surface area contributed by atoms with Crippen LogP contribution in [0.25, 0.3) is 0 Å². The highest BCUT2D eigenvalue weighted by Crippen LogP contribution is 2.36. The van der Waals surface area contributed by atoms with Crippen LogP contribution in [-0.2, 0) is 6.42 Å². The Balaban J connectivity index is 3.26. The molecule has 1 atom stereocenters. The number of methoxy groups -OCH3 is 2. The summed E-state index contributed by atoms with van der Waals surface area (Å²) in [4.78, 5) is 0. The molecule has 0 aromatic heterocycles. The first-order valence-corrected chi connectivity index (χ1v) is 5.20. The first-order chi connectivity index (χ1) is 7.99. The predicted molar refractivity (Wildman–Crippen MR) is 59.9 cm³/mol. The van der Waals surface area contributed by atoms with Crippen molar-refractivity contribution in [3.8, 4) is 11.5 Å². The second-order valence-corrected chi connectivity index (χ2v) is 3.77. The van der Waals surface area contributed by atoms with E-state index >= 15 is 0 Å². The number of rotatable bonds is 5. The molecule has 0 bridgehead atoms. The minimum atomic E-state index is -2.58. The van der Waals surface area contributed by atoms with Crippen LogP contribution in [0.2, 0.25) is 0 Å². The second-order valence-electron chi connectivity index (χ2n) is 3.77. The van der Waals surface area contributed by atoms with E-state index in [1.54, 1.807) is 6.92 Å². The van der Waals surface area contributed by atoms with Gasteiger partial charge in [0.15, 0.2) is 11.5 Å². The van der Waals surface area contributed by atoms with Crippen LogP contribution in [0.5, 0.6) is 11.5 Å². The van der Waals surface area contributed by atoms with E-state index in [0.29, 0.717) is 11.3 Å². The lowest BCUT2D eigenvalue weighted by Gasteiger charge is -2.15. The van der Waals surface area contributed by atoms with E-state index in [0.717, 1.165) is 0 Å². The standard InChI is InChI=1S/C12H16F2O3/c1-7(15)4-8-5-9(12(13)14)6-10(16-2)11(8)17-3/h5-7,12,15H,4H2,1-3H3. The van der Waals surface area contributed by atoms with Crippen LogP contribution < -0.4 is 9.47 Å². The Hall–Kier alpha value is -1.36. The molecule has 1 N–H and O–H groups in total. The van der Waals surface area contributed by atoms with E-state index in [4.69, 9.17) is 9.47 Å². The molecule has 1 unspecified atom stereocenters. The SMILES string of the molecule is COc1cc(C(F)F)cc(CC(C)O)c1OC. The van der Waals surface area contributed by atoms with Crippen LogP contribution in [0, 0.1) is 0 Å². The van der Waals surface area contributed by atoms with Crippen molar-refractivity contribution in [3.05, 3.63) is 23.3 Å². The zero-order chi connectivity index (χ0) is 13.0. The number of benzene rings is 1. The van der Waals surface area contributed by atoms with E-state index < -0.39 is 12.5 Å². The molecule has 0 amide bonds. The fourth-order valence-electron chi connectivity index (χ4n) is 1.66. The van der Waals surface area contributed by atoms with E-state index in [2.05, 4.69) is 0 Å². The van der Waals surface area contributed by atoms with Crippen LogP contribution in [0.4, 0.5) is 8.78 Å². The van der Waals surface area contributed by atoms with Gasteiger partial charge in [-0.25, -0.2) is 8.78 Å². The highest BCUT2D eigenvalue weighted by Gasteiger charge is 2.17. The first-order valence-electron chi connectivity index (χ1n) is 5.20. The average molecular weight is 246 g/mol. The van der Waals surface area contributed by atoms with Gasteiger partial charge in [0.2, 0.25) is 0 Å². The molecule has 3 nitrogen and oxygen atoms in total. The summed E-state index contributed by atoms with van der Waals surface area (Å²) in [5.41, 5.74) is 0.371. The highest BCUT2D eigenvalue weighted by molar-refractivity contribution is 5.50. The number of hydrogen-bond donors (Lipinski definition) is 1. The first kappa shape index (κ1) is 13.7. The van der Waals surface area contributed by atoms with Gasteiger partial charge in [-0.2, -0.15) is 0 Å². The second kappa shape index (κ2) is 5.82. The highest BCUT2D eigenvalue weighted by atomic mass is 19.3. The molecule has 0 radical (unpaired) electrons. The summed E-state index contributed by atoms with van der Waals surface area (Å²) in [5, 5.41) is 9.33. The minimum Gasteiger partial charge on any atom is -0.493 e. The van der Waals surface area contributed by atoms with Crippen molar-refractivity contribution in [2.24, 2.45) is 0 Å². The van der Waals surface area contributed by atoms with Crippen molar-refractivity contribution in [1.29, 1.82) is 0 Å². The number of aliphatic hydroxyl groups is 1. The molecule has 17 heavy (non-hydrogen) atoms. The Morgan fingerprint density at radius 3 is 2.29 bits per heavy atom. The summed E-state index contributed by atoms with van der Waals surface area (Å²) in [6, 6.07) is 2.58. The van der Waals surface area contributed by atoms with E-state index in [1.165, 1.54) is 26.4 Å². The van der Waals surface area contributed by atoms with Crippen LogP contribution in [-0.4, -0.2) is 25.4 Å². The van der Waals surface area contributed by atoms with Crippen LogP contribution in [0.3, 0.4) is 0 Å². The van der Waals surface area contributed by atoms with Gasteiger partial charge in [0, 0.05) is 17.5 Å². The monoisotopic (exact) mass is 246 g/mol. The zero-order valence-corrected chi connectivity index (χ0v) is 10.0. The number of aliphatic hydroxyl groups excluding tert-OH is 1. The summed E-state index contributed by atoms with van der Waals surface area (Å²) in [6.45, 7) is 1.58. The maximum absolute atomic E-state index is 12.7. The van der Waals surface area contributed by atoms with Gasteiger partial charge < -0.3 is 14.6 Å². The maximum Gasteiger partial charge on any atom is 0.263 e. The van der Waals surface area contributed by atoms with Gasteiger partial charge in [0.1, 0.15) is 0 Å². The third kappa shape index (κ3) is 3.30. The van der Waals surface area contributed by atoms with Gasteiger partial charge in [-0.15, -0.1) is 0 Å². The van der Waals surface area contributed by atoms with Gasteiger partial charge in [-0.05, 0) is 19.1 Å². The molecule has 1 aromatic rings. The number of ether oxygens (including phenoxy) is 2. The Kier molecular flexibility index (Phi) is 4.69. The van der Waals surface area contributed by atoms with Crippen molar-refractivity contribution in [3.63, 3.8) is 0 Å². The molecule has 0 heterocycles. The molecule has 0 fully saturated rings.